The maximum atomic E-state index is 6.36. The van der Waals surface area contributed by atoms with Gasteiger partial charge in [0.2, 0.25) is 0 Å². The molecule has 40 heavy (non-hydrogen) atoms. The summed E-state index contributed by atoms with van der Waals surface area (Å²) in [4.78, 5) is 20.9. The van der Waals surface area contributed by atoms with Crippen LogP contribution in [0.4, 0.5) is 17.1 Å². The van der Waals surface area contributed by atoms with Gasteiger partial charge in [-0.1, -0.05) is 0 Å². The van der Waals surface area contributed by atoms with E-state index in [4.69, 9.17) is 66.8 Å². The zero-order valence-corrected chi connectivity index (χ0v) is 21.6. The van der Waals surface area contributed by atoms with E-state index < -0.39 is 24.3 Å². The van der Waals surface area contributed by atoms with Gasteiger partial charge in [-0.15, -0.1) is 0 Å². The second-order valence-corrected chi connectivity index (χ2v) is 8.78. The molecule has 0 aliphatic heterocycles. The summed E-state index contributed by atoms with van der Waals surface area (Å²) in [6, 6.07) is 10.6. The van der Waals surface area contributed by atoms with E-state index in [1.807, 2.05) is 0 Å². The maximum Gasteiger partial charge on any atom is 0.191 e. The molecule has 0 heterocycles. The zero-order valence-electron chi connectivity index (χ0n) is 21.6. The van der Waals surface area contributed by atoms with Crippen LogP contribution in [0.15, 0.2) is 67.4 Å². The molecule has 4 atom stereocenters. The molecule has 0 aromatic heterocycles. The van der Waals surface area contributed by atoms with E-state index >= 15 is 0 Å². The highest BCUT2D eigenvalue weighted by Crippen LogP contribution is 2.37. The minimum absolute atomic E-state index is 0.0639. The first-order valence-corrected chi connectivity index (χ1v) is 11.9. The van der Waals surface area contributed by atoms with E-state index in [1.165, 1.54) is 0 Å². The van der Waals surface area contributed by atoms with Crippen LogP contribution in [-0.2, 0) is 0 Å². The van der Waals surface area contributed by atoms with Crippen molar-refractivity contribution in [2.45, 2.75) is 37.1 Å². The Labute approximate surface area is 230 Å². The van der Waals surface area contributed by atoms with E-state index in [1.54, 1.807) is 42.5 Å². The van der Waals surface area contributed by atoms with Crippen LogP contribution in [0.5, 0.6) is 11.5 Å². The minimum atomic E-state index is -0.611. The van der Waals surface area contributed by atoms with Crippen molar-refractivity contribution >= 4 is 46.9 Å². The summed E-state index contributed by atoms with van der Waals surface area (Å²) in [5.74, 6) is 0.197. The Bertz CT molecular complexity index is 1320. The predicted octanol–water partition coefficient (Wildman–Crippen LogP) is -2.33. The number of hydrogen-bond donors (Lipinski definition) is 10. The van der Waals surface area contributed by atoms with E-state index in [0.717, 1.165) is 0 Å². The van der Waals surface area contributed by atoms with E-state index in [-0.39, 0.29) is 41.9 Å². The summed E-state index contributed by atoms with van der Waals surface area (Å²) < 4.78 is 12.6. The molecule has 214 valence electrons. The highest BCUT2D eigenvalue weighted by Gasteiger charge is 2.40. The van der Waals surface area contributed by atoms with Gasteiger partial charge in [-0.3, -0.25) is 0 Å². The Balaban J connectivity index is 1.97. The molecule has 2 aromatic carbocycles. The smallest absolute Gasteiger partial charge is 0.191 e. The van der Waals surface area contributed by atoms with E-state index in [9.17, 15) is 0 Å². The molecule has 1 saturated carbocycles. The summed E-state index contributed by atoms with van der Waals surface area (Å²) in [5, 5.41) is 0. The molecule has 1 aliphatic rings. The Morgan fingerprint density at radius 3 is 1.57 bits per heavy atom. The topological polar surface area (TPSA) is 340 Å². The van der Waals surface area contributed by atoms with Crippen molar-refractivity contribution < 1.29 is 9.47 Å². The predicted molar refractivity (Wildman–Crippen MR) is 157 cm³/mol. The van der Waals surface area contributed by atoms with Crippen molar-refractivity contribution in [1.82, 2.24) is 0 Å². The molecule has 0 saturated heterocycles. The van der Waals surface area contributed by atoms with Crippen molar-refractivity contribution in [3.8, 4) is 11.5 Å². The molecule has 0 unspecified atom stereocenters. The summed E-state index contributed by atoms with van der Waals surface area (Å²) in [6.07, 6.45) is -0.588. The van der Waals surface area contributed by atoms with Crippen LogP contribution in [-0.4, -0.2) is 54.1 Å². The Morgan fingerprint density at radius 2 is 1.05 bits per heavy atom. The van der Waals surface area contributed by atoms with E-state index in [2.05, 4.69) is 25.0 Å². The third-order valence-corrected chi connectivity index (χ3v) is 5.55. The van der Waals surface area contributed by atoms with Crippen molar-refractivity contribution in [1.29, 1.82) is 0 Å². The van der Waals surface area contributed by atoms with Gasteiger partial charge >= 0.3 is 0 Å². The number of rotatable bonds is 9. The standard InChI is InChI=1S/C23H35N15O2/c24-19(25)34-10-1-4-12(5-2-10)39-17-9-18(15(38-23(32)33)8-14(17)37-22(30)31)40-16-6-3-11(35-20(26)27)7-13(16)36-21(28)29/h1-7,14-15,17-18H,8-9H2,(H4,24,25,34)(H4,26,27,35)(H4,28,29,36)(H4,30,31,37)(H4,32,33,38)/t14-,15+,17-,18+/m1/s1. The molecule has 17 nitrogen and oxygen atoms in total. The molecule has 17 heteroatoms. The van der Waals surface area contributed by atoms with Gasteiger partial charge in [-0.25, -0.2) is 25.0 Å². The number of benzene rings is 2. The van der Waals surface area contributed by atoms with Gasteiger partial charge in [0.25, 0.3) is 0 Å². The Hall–Kier alpha value is -5.61. The molecular weight excluding hydrogens is 518 g/mol. The van der Waals surface area contributed by atoms with Crippen LogP contribution >= 0.6 is 0 Å². The van der Waals surface area contributed by atoms with Crippen molar-refractivity contribution in [2.75, 3.05) is 0 Å². The summed E-state index contributed by atoms with van der Waals surface area (Å²) >= 11 is 0. The summed E-state index contributed by atoms with van der Waals surface area (Å²) in [6.45, 7) is 0. The average Bonchev–Trinajstić information content (AvgIpc) is 2.82. The fourth-order valence-corrected chi connectivity index (χ4v) is 4.14. The normalized spacial score (nSPS) is 19.8. The van der Waals surface area contributed by atoms with Crippen LogP contribution in [0, 0.1) is 0 Å². The van der Waals surface area contributed by atoms with Crippen molar-refractivity contribution in [3.63, 3.8) is 0 Å². The first-order valence-electron chi connectivity index (χ1n) is 11.9. The average molecular weight is 554 g/mol. The zero-order chi connectivity index (χ0) is 29.4. The molecule has 1 fully saturated rings. The second kappa shape index (κ2) is 12.8. The molecule has 0 bridgehead atoms. The van der Waals surface area contributed by atoms with Gasteiger partial charge in [0.15, 0.2) is 29.8 Å². The number of guanidine groups is 5. The van der Waals surface area contributed by atoms with Crippen LogP contribution in [0.3, 0.4) is 0 Å². The number of aliphatic imine (C=N–C) groups is 5. The lowest BCUT2D eigenvalue weighted by atomic mass is 9.86. The monoisotopic (exact) mass is 553 g/mol. The molecular formula is C23H35N15O2. The SMILES string of the molecule is NC(N)=Nc1ccc(O[C@@H]2C[C@H](Oc3ccc(N=C(N)N)cc3N=C(N)N)[C@@H](N=C(N)N)C[C@H]2N=C(N)N)cc1. The lowest BCUT2D eigenvalue weighted by Crippen LogP contribution is -2.50. The molecule has 0 radical (unpaired) electrons. The van der Waals surface area contributed by atoms with Crippen LogP contribution < -0.4 is 66.8 Å². The number of nitrogens with two attached hydrogens (primary N) is 10. The molecule has 3 rings (SSSR count). The number of nitrogens with zero attached hydrogens (tertiary/aromatic N) is 5. The second-order valence-electron chi connectivity index (χ2n) is 8.78. The summed E-state index contributed by atoms with van der Waals surface area (Å²) in [7, 11) is 0. The van der Waals surface area contributed by atoms with Crippen LogP contribution in [0.25, 0.3) is 0 Å². The fourth-order valence-electron chi connectivity index (χ4n) is 4.14. The Morgan fingerprint density at radius 1 is 0.550 bits per heavy atom. The van der Waals surface area contributed by atoms with Crippen molar-refractivity contribution in [2.24, 2.45) is 82.3 Å². The third kappa shape index (κ3) is 8.47. The highest BCUT2D eigenvalue weighted by molar-refractivity contribution is 5.83. The van der Waals surface area contributed by atoms with Crippen LogP contribution in [0.1, 0.15) is 12.8 Å². The number of ether oxygens (including phenoxy) is 2. The van der Waals surface area contributed by atoms with Gasteiger partial charge in [0.1, 0.15) is 29.4 Å². The lowest BCUT2D eigenvalue weighted by Gasteiger charge is -2.38. The Kier molecular flexibility index (Phi) is 9.24. The van der Waals surface area contributed by atoms with Gasteiger partial charge in [0.05, 0.1) is 23.5 Å². The molecule has 0 amide bonds. The molecule has 0 spiro atoms. The van der Waals surface area contributed by atoms with Gasteiger partial charge in [-0.05, 0) is 48.9 Å². The summed E-state index contributed by atoms with van der Waals surface area (Å²) in [5.41, 5.74) is 57.3. The fraction of sp³-hybridized carbons (Fsp3) is 0.261. The molecule has 2 aromatic rings. The van der Waals surface area contributed by atoms with Gasteiger partial charge in [0, 0.05) is 6.42 Å². The quantitative estimate of drug-likeness (QED) is 0.115. The van der Waals surface area contributed by atoms with Gasteiger partial charge in [-0.2, -0.15) is 0 Å². The van der Waals surface area contributed by atoms with E-state index in [0.29, 0.717) is 29.3 Å². The lowest BCUT2D eigenvalue weighted by molar-refractivity contribution is 0.0420. The maximum absolute atomic E-state index is 6.36. The third-order valence-electron chi connectivity index (χ3n) is 5.55. The highest BCUT2D eigenvalue weighted by atomic mass is 16.5. The first-order chi connectivity index (χ1) is 18.9. The largest absolute Gasteiger partial charge is 0.488 e. The van der Waals surface area contributed by atoms with Crippen molar-refractivity contribution in [3.05, 3.63) is 42.5 Å². The van der Waals surface area contributed by atoms with Gasteiger partial charge < -0.3 is 66.8 Å². The minimum Gasteiger partial charge on any atom is -0.488 e. The number of hydrogen-bond acceptors (Lipinski definition) is 7. The molecule has 20 N–H and O–H groups in total. The van der Waals surface area contributed by atoms with Crippen LogP contribution in [0.2, 0.25) is 0 Å². The molecule has 1 aliphatic carbocycles. The first kappa shape index (κ1) is 29.0.